The van der Waals surface area contributed by atoms with Crippen LogP contribution in [0.1, 0.15) is 17.4 Å². The first-order valence-corrected chi connectivity index (χ1v) is 7.68. The number of carboxylic acid groups (broad SMARTS) is 1. The van der Waals surface area contributed by atoms with Crippen molar-refractivity contribution in [2.24, 2.45) is 0 Å². The normalized spacial score (nSPS) is 11.1. The number of rotatable bonds is 5. The van der Waals surface area contributed by atoms with Gasteiger partial charge in [-0.25, -0.2) is 18.2 Å². The van der Waals surface area contributed by atoms with E-state index in [9.17, 15) is 13.2 Å². The van der Waals surface area contributed by atoms with Crippen molar-refractivity contribution in [2.75, 3.05) is 10.8 Å². The summed E-state index contributed by atoms with van der Waals surface area (Å²) in [6.07, 6.45) is 1.28. The highest BCUT2D eigenvalue weighted by Gasteiger charge is 2.24. The van der Waals surface area contributed by atoms with Crippen molar-refractivity contribution >= 4 is 21.7 Å². The second-order valence-electron chi connectivity index (χ2n) is 4.19. The van der Waals surface area contributed by atoms with Crippen LogP contribution in [0.3, 0.4) is 0 Å². The summed E-state index contributed by atoms with van der Waals surface area (Å²) in [5.74, 6) is -1.20. The van der Waals surface area contributed by atoms with E-state index in [-0.39, 0.29) is 22.8 Å². The topological polar surface area (TPSA) is 87.6 Å². The highest BCUT2D eigenvalue weighted by molar-refractivity contribution is 7.92. The van der Waals surface area contributed by atoms with E-state index in [4.69, 9.17) is 5.11 Å². The van der Waals surface area contributed by atoms with Gasteiger partial charge in [0.1, 0.15) is 5.69 Å². The van der Waals surface area contributed by atoms with Crippen molar-refractivity contribution in [1.82, 2.24) is 4.98 Å². The lowest BCUT2D eigenvalue weighted by Gasteiger charge is -2.22. The largest absolute Gasteiger partial charge is 0.477 e. The van der Waals surface area contributed by atoms with Crippen LogP contribution in [0.5, 0.6) is 0 Å². The molecule has 0 radical (unpaired) electrons. The van der Waals surface area contributed by atoms with Crippen molar-refractivity contribution in [1.29, 1.82) is 0 Å². The van der Waals surface area contributed by atoms with Crippen molar-refractivity contribution in [3.8, 4) is 0 Å². The van der Waals surface area contributed by atoms with Crippen LogP contribution in [-0.2, 0) is 10.0 Å². The lowest BCUT2D eigenvalue weighted by atomic mass is 10.3. The number of carboxylic acids is 1. The quantitative estimate of drug-likeness (QED) is 0.912. The van der Waals surface area contributed by atoms with Crippen LogP contribution >= 0.6 is 0 Å². The summed E-state index contributed by atoms with van der Waals surface area (Å²) in [6, 6.07) is 10.7. The highest BCUT2D eigenvalue weighted by atomic mass is 32.2. The van der Waals surface area contributed by atoms with Gasteiger partial charge in [0, 0.05) is 12.7 Å². The van der Waals surface area contributed by atoms with Crippen molar-refractivity contribution in [3.05, 3.63) is 54.4 Å². The van der Waals surface area contributed by atoms with E-state index in [0.29, 0.717) is 0 Å². The van der Waals surface area contributed by atoms with Gasteiger partial charge in [-0.1, -0.05) is 18.2 Å². The third-order valence-corrected chi connectivity index (χ3v) is 4.79. The minimum atomic E-state index is -3.73. The fraction of sp³-hybridized carbons (Fsp3) is 0.143. The Morgan fingerprint density at radius 3 is 2.48 bits per heavy atom. The summed E-state index contributed by atoms with van der Waals surface area (Å²) < 4.78 is 26.4. The van der Waals surface area contributed by atoms with Gasteiger partial charge in [0.15, 0.2) is 0 Å². The summed E-state index contributed by atoms with van der Waals surface area (Å²) in [5.41, 5.74) is 0.0722. The molecule has 2 aromatic rings. The van der Waals surface area contributed by atoms with E-state index >= 15 is 0 Å². The van der Waals surface area contributed by atoms with Gasteiger partial charge in [0.05, 0.1) is 10.6 Å². The number of sulfonamides is 1. The molecule has 6 nitrogen and oxygen atoms in total. The zero-order valence-electron chi connectivity index (χ0n) is 11.3. The van der Waals surface area contributed by atoms with Crippen LogP contribution in [0.4, 0.5) is 5.69 Å². The van der Waals surface area contributed by atoms with Gasteiger partial charge in [-0.15, -0.1) is 0 Å². The Bertz CT molecular complexity index is 745. The highest BCUT2D eigenvalue weighted by Crippen LogP contribution is 2.23. The first kappa shape index (κ1) is 15.0. The third-order valence-electron chi connectivity index (χ3n) is 2.87. The number of anilines is 1. The van der Waals surface area contributed by atoms with Crippen molar-refractivity contribution in [3.63, 3.8) is 0 Å². The Hall–Kier alpha value is -2.41. The summed E-state index contributed by atoms with van der Waals surface area (Å²) in [4.78, 5) is 14.8. The molecule has 0 saturated carbocycles. The Morgan fingerprint density at radius 1 is 1.24 bits per heavy atom. The fourth-order valence-electron chi connectivity index (χ4n) is 1.90. The maximum atomic E-state index is 12.6. The predicted molar refractivity (Wildman–Crippen MR) is 77.8 cm³/mol. The van der Waals surface area contributed by atoms with Gasteiger partial charge >= 0.3 is 5.97 Å². The van der Waals surface area contributed by atoms with Crippen molar-refractivity contribution < 1.29 is 18.3 Å². The van der Waals surface area contributed by atoms with Gasteiger partial charge in [-0.3, -0.25) is 4.31 Å². The molecular weight excluding hydrogens is 292 g/mol. The van der Waals surface area contributed by atoms with E-state index in [2.05, 4.69) is 4.98 Å². The Balaban J connectivity index is 2.49. The first-order chi connectivity index (χ1) is 9.96. The smallest absolute Gasteiger partial charge is 0.354 e. The number of hydrogen-bond acceptors (Lipinski definition) is 4. The Morgan fingerprint density at radius 2 is 1.90 bits per heavy atom. The number of nitrogens with zero attached hydrogens (tertiary/aromatic N) is 2. The molecular formula is C14H14N2O4S. The van der Waals surface area contributed by atoms with E-state index in [1.54, 1.807) is 25.1 Å². The molecule has 0 amide bonds. The van der Waals surface area contributed by atoms with Gasteiger partial charge in [-0.2, -0.15) is 0 Å². The van der Waals surface area contributed by atoms with E-state index in [1.807, 2.05) is 0 Å². The summed E-state index contributed by atoms with van der Waals surface area (Å²) in [6.45, 7) is 1.86. The number of carbonyl (C=O) groups is 1. The fourth-order valence-corrected chi connectivity index (χ4v) is 3.39. The zero-order valence-corrected chi connectivity index (χ0v) is 12.1. The summed E-state index contributed by atoms with van der Waals surface area (Å²) in [7, 11) is -3.73. The number of aromatic nitrogens is 1. The van der Waals surface area contributed by atoms with Crippen LogP contribution in [0, 0.1) is 0 Å². The van der Waals surface area contributed by atoms with Crippen LogP contribution in [0.2, 0.25) is 0 Å². The van der Waals surface area contributed by atoms with Crippen LogP contribution in [0.25, 0.3) is 0 Å². The molecule has 0 spiro atoms. The standard InChI is InChI=1S/C14H14N2O4S/c1-2-16(11-8-9-15-13(10-11)14(17)18)21(19,20)12-6-4-3-5-7-12/h3-10H,2H2,1H3,(H,17,18). The lowest BCUT2D eigenvalue weighted by molar-refractivity contribution is 0.0690. The number of aromatic carboxylic acids is 1. The molecule has 2 rings (SSSR count). The number of hydrogen-bond donors (Lipinski definition) is 1. The second-order valence-corrected chi connectivity index (χ2v) is 6.05. The zero-order chi connectivity index (χ0) is 15.5. The molecule has 0 aliphatic heterocycles. The van der Waals surface area contributed by atoms with E-state index in [0.717, 1.165) is 4.31 Å². The third kappa shape index (κ3) is 3.03. The molecule has 0 bridgehead atoms. The first-order valence-electron chi connectivity index (χ1n) is 6.24. The predicted octanol–water partition coefficient (Wildman–Crippen LogP) is 1.99. The van der Waals surface area contributed by atoms with Crippen molar-refractivity contribution in [2.45, 2.75) is 11.8 Å². The van der Waals surface area contributed by atoms with Gasteiger partial charge in [-0.05, 0) is 31.2 Å². The molecule has 1 heterocycles. The van der Waals surface area contributed by atoms with Gasteiger partial charge < -0.3 is 5.11 Å². The SMILES string of the molecule is CCN(c1ccnc(C(=O)O)c1)S(=O)(=O)c1ccccc1. The number of benzene rings is 1. The molecule has 0 aliphatic carbocycles. The number of pyridine rings is 1. The molecule has 110 valence electrons. The monoisotopic (exact) mass is 306 g/mol. The van der Waals surface area contributed by atoms with Crippen LogP contribution in [-0.4, -0.2) is 31.0 Å². The summed E-state index contributed by atoms with van der Waals surface area (Å²) in [5, 5.41) is 8.95. The Kier molecular flexibility index (Phi) is 4.23. The molecule has 21 heavy (non-hydrogen) atoms. The maximum Gasteiger partial charge on any atom is 0.354 e. The molecule has 1 aromatic heterocycles. The molecule has 7 heteroatoms. The molecule has 0 unspecified atom stereocenters. The van der Waals surface area contributed by atoms with Gasteiger partial charge in [0.25, 0.3) is 10.0 Å². The lowest BCUT2D eigenvalue weighted by Crippen LogP contribution is -2.31. The molecule has 0 atom stereocenters. The van der Waals surface area contributed by atoms with Crippen LogP contribution < -0.4 is 4.31 Å². The van der Waals surface area contributed by atoms with E-state index in [1.165, 1.54) is 30.5 Å². The van der Waals surface area contributed by atoms with E-state index < -0.39 is 16.0 Å². The molecule has 0 aliphatic rings. The Labute approximate surface area is 122 Å². The summed E-state index contributed by atoms with van der Waals surface area (Å²) >= 11 is 0. The second kappa shape index (κ2) is 5.92. The average molecular weight is 306 g/mol. The molecule has 0 saturated heterocycles. The molecule has 1 aromatic carbocycles. The maximum absolute atomic E-state index is 12.6. The van der Waals surface area contributed by atoms with Gasteiger partial charge in [0.2, 0.25) is 0 Å². The average Bonchev–Trinajstić information content (AvgIpc) is 2.49. The van der Waals surface area contributed by atoms with Crippen LogP contribution in [0.15, 0.2) is 53.6 Å². The minimum Gasteiger partial charge on any atom is -0.477 e. The minimum absolute atomic E-state index is 0.153. The molecule has 0 fully saturated rings. The molecule has 1 N–H and O–H groups in total.